The minimum absolute atomic E-state index is 0.0806. The van der Waals surface area contributed by atoms with Gasteiger partial charge in [-0.05, 0) is 60.2 Å². The lowest BCUT2D eigenvalue weighted by Crippen LogP contribution is -2.45. The van der Waals surface area contributed by atoms with Crippen molar-refractivity contribution in [1.29, 1.82) is 0 Å². The topological polar surface area (TPSA) is 52.6 Å². The Morgan fingerprint density at radius 1 is 1.04 bits per heavy atom. The van der Waals surface area contributed by atoms with Crippen molar-refractivity contribution in [1.82, 2.24) is 9.88 Å². The van der Waals surface area contributed by atoms with Crippen LogP contribution in [0.2, 0.25) is 0 Å². The van der Waals surface area contributed by atoms with Gasteiger partial charge < -0.3 is 15.0 Å². The lowest BCUT2D eigenvalue weighted by atomic mass is 10.0. The molecule has 5 heteroatoms. The molecule has 0 aliphatic heterocycles. The number of phenolic OH excluding ortho intramolecular Hbond substituents is 1. The Bertz CT molecular complexity index is 963. The summed E-state index contributed by atoms with van der Waals surface area (Å²) in [4.78, 5) is 12.3. The van der Waals surface area contributed by atoms with Gasteiger partial charge in [0.05, 0.1) is 0 Å². The van der Waals surface area contributed by atoms with Crippen molar-refractivity contribution in [2.45, 2.75) is 6.04 Å². The predicted octanol–water partition coefficient (Wildman–Crippen LogP) is 3.55. The first-order chi connectivity index (χ1) is 13.5. The number of carbonyl (C=O) groups excluding carboxylic acids is 1. The van der Waals surface area contributed by atoms with Gasteiger partial charge >= 0.3 is 0 Å². The molecule has 143 valence electrons. The molecule has 0 atom stereocenters. The van der Waals surface area contributed by atoms with Gasteiger partial charge in [0, 0.05) is 12.2 Å². The molecule has 0 heterocycles. The number of rotatable bonds is 7. The zero-order valence-corrected chi connectivity index (χ0v) is 17.2. The Morgan fingerprint density at radius 3 is 2.50 bits per heavy atom. The van der Waals surface area contributed by atoms with Crippen molar-refractivity contribution in [3.05, 3.63) is 83.9 Å². The number of fused-ring (bicyclic) bond motifs is 1. The van der Waals surface area contributed by atoms with Crippen LogP contribution in [-0.4, -0.2) is 44.8 Å². The quantitative estimate of drug-likeness (QED) is 0.480. The summed E-state index contributed by atoms with van der Waals surface area (Å²) in [6, 6.07) is 22.4. The van der Waals surface area contributed by atoms with Crippen LogP contribution in [0.4, 0.5) is 0 Å². The maximum atomic E-state index is 12.3. The number of nitrogens with zero attached hydrogens (tertiary/aromatic N) is 1. The first-order valence-corrected chi connectivity index (χ1v) is 11.1. The van der Waals surface area contributed by atoms with Crippen molar-refractivity contribution >= 4 is 31.7 Å². The summed E-state index contributed by atoms with van der Waals surface area (Å²) in [6.07, 6.45) is 4.13. The van der Waals surface area contributed by atoms with Gasteiger partial charge in [0.2, 0.25) is 5.91 Å². The van der Waals surface area contributed by atoms with Crippen molar-refractivity contribution in [2.24, 2.45) is 0 Å². The van der Waals surface area contributed by atoms with Gasteiger partial charge in [-0.3, -0.25) is 4.79 Å². The van der Waals surface area contributed by atoms with Gasteiger partial charge in [0.15, 0.2) is 8.96 Å². The largest absolute Gasteiger partial charge is 0.508 e. The number of benzene rings is 3. The molecule has 0 saturated carbocycles. The van der Waals surface area contributed by atoms with E-state index in [4.69, 9.17) is 0 Å². The van der Waals surface area contributed by atoms with E-state index in [9.17, 15) is 9.90 Å². The molecule has 0 saturated heterocycles. The lowest BCUT2D eigenvalue weighted by Gasteiger charge is -2.22. The molecule has 1 radical (unpaired) electrons. The maximum Gasteiger partial charge on any atom is 0.243 e. The molecule has 3 rings (SSSR count). The molecule has 3 aromatic carbocycles. The standard InChI is InChI=1S/C23H25N2O2Si/c1-25(2)28(16-18-10-13-21(26)14-11-18)17-24-23(27)15-12-20-8-5-7-19-6-3-4-9-22(19)20/h3-15,26H,16-17H2,1-2H3,(H,24,27)/b15-12+. The Hall–Kier alpha value is -2.89. The van der Waals surface area contributed by atoms with Crippen LogP contribution in [0.1, 0.15) is 11.1 Å². The van der Waals surface area contributed by atoms with E-state index in [2.05, 4.69) is 28.1 Å². The normalized spacial score (nSPS) is 11.6. The van der Waals surface area contributed by atoms with Crippen LogP contribution in [0.3, 0.4) is 0 Å². The van der Waals surface area contributed by atoms with Gasteiger partial charge in [0.25, 0.3) is 0 Å². The second-order valence-electron chi connectivity index (χ2n) is 6.92. The first kappa shape index (κ1) is 19.9. The van der Waals surface area contributed by atoms with Crippen LogP contribution in [0.5, 0.6) is 5.75 Å². The number of amides is 1. The van der Waals surface area contributed by atoms with Crippen LogP contribution in [0, 0.1) is 0 Å². The van der Waals surface area contributed by atoms with Crippen LogP contribution < -0.4 is 5.32 Å². The molecule has 0 unspecified atom stereocenters. The van der Waals surface area contributed by atoms with E-state index < -0.39 is 8.96 Å². The smallest absolute Gasteiger partial charge is 0.243 e. The molecule has 0 aliphatic carbocycles. The highest BCUT2D eigenvalue weighted by Gasteiger charge is 2.16. The molecule has 0 aromatic heterocycles. The minimum atomic E-state index is -0.952. The molecule has 0 fully saturated rings. The third kappa shape index (κ3) is 5.31. The fraction of sp³-hybridized carbons (Fsp3) is 0.174. The van der Waals surface area contributed by atoms with Gasteiger partial charge in [-0.15, -0.1) is 0 Å². The van der Waals surface area contributed by atoms with Crippen molar-refractivity contribution in [3.63, 3.8) is 0 Å². The van der Waals surface area contributed by atoms with Crippen LogP contribution >= 0.6 is 0 Å². The Kier molecular flexibility index (Phi) is 6.63. The predicted molar refractivity (Wildman–Crippen MR) is 117 cm³/mol. The number of hydrogen-bond acceptors (Lipinski definition) is 3. The molecule has 0 spiro atoms. The summed E-state index contributed by atoms with van der Waals surface area (Å²) in [6.45, 7) is 0. The number of carbonyl (C=O) groups is 1. The first-order valence-electron chi connectivity index (χ1n) is 9.26. The molecule has 0 bridgehead atoms. The summed E-state index contributed by atoms with van der Waals surface area (Å²) in [5, 5.41) is 14.8. The fourth-order valence-corrected chi connectivity index (χ4v) is 4.88. The highest BCUT2D eigenvalue weighted by Crippen LogP contribution is 2.19. The summed E-state index contributed by atoms with van der Waals surface area (Å²) >= 11 is 0. The zero-order chi connectivity index (χ0) is 19.9. The fourth-order valence-electron chi connectivity index (χ4n) is 3.04. The van der Waals surface area contributed by atoms with Gasteiger partial charge in [-0.25, -0.2) is 0 Å². The monoisotopic (exact) mass is 389 g/mol. The van der Waals surface area contributed by atoms with E-state index in [0.29, 0.717) is 6.17 Å². The van der Waals surface area contributed by atoms with Crippen LogP contribution in [-0.2, 0) is 10.8 Å². The van der Waals surface area contributed by atoms with E-state index in [1.807, 2.05) is 56.6 Å². The lowest BCUT2D eigenvalue weighted by molar-refractivity contribution is -0.116. The zero-order valence-electron chi connectivity index (χ0n) is 16.2. The third-order valence-electron chi connectivity index (χ3n) is 4.68. The van der Waals surface area contributed by atoms with E-state index >= 15 is 0 Å². The maximum absolute atomic E-state index is 12.3. The Labute approximate surface area is 167 Å². The van der Waals surface area contributed by atoms with Gasteiger partial charge in [0.1, 0.15) is 5.75 Å². The molecule has 3 aromatic rings. The van der Waals surface area contributed by atoms with E-state index in [-0.39, 0.29) is 11.7 Å². The summed E-state index contributed by atoms with van der Waals surface area (Å²) in [7, 11) is 3.14. The molecular formula is C23H25N2O2Si. The Morgan fingerprint density at radius 2 is 1.75 bits per heavy atom. The van der Waals surface area contributed by atoms with Crippen molar-refractivity contribution < 1.29 is 9.90 Å². The number of hydrogen-bond donors (Lipinski definition) is 2. The third-order valence-corrected chi connectivity index (χ3v) is 7.35. The summed E-state index contributed by atoms with van der Waals surface area (Å²) in [5.41, 5.74) is 2.21. The molecule has 4 nitrogen and oxygen atoms in total. The summed E-state index contributed by atoms with van der Waals surface area (Å²) < 4.78 is 2.20. The SMILES string of the molecule is CN(C)[Si](CNC(=O)/C=C/c1cccc2ccccc12)Cc1ccc(O)cc1. The number of phenols is 1. The van der Waals surface area contributed by atoms with Crippen LogP contribution in [0.15, 0.2) is 72.8 Å². The van der Waals surface area contributed by atoms with E-state index in [1.54, 1.807) is 18.2 Å². The van der Waals surface area contributed by atoms with E-state index in [1.165, 1.54) is 5.56 Å². The average molecular weight is 390 g/mol. The minimum Gasteiger partial charge on any atom is -0.508 e. The highest BCUT2D eigenvalue weighted by molar-refractivity contribution is 6.55. The molecule has 2 N–H and O–H groups in total. The molecular weight excluding hydrogens is 364 g/mol. The summed E-state index contributed by atoms with van der Waals surface area (Å²) in [5.74, 6) is 0.192. The van der Waals surface area contributed by atoms with Gasteiger partial charge in [-0.2, -0.15) is 0 Å². The van der Waals surface area contributed by atoms with Crippen molar-refractivity contribution in [3.8, 4) is 5.75 Å². The number of aromatic hydroxyl groups is 1. The van der Waals surface area contributed by atoms with E-state index in [0.717, 1.165) is 22.4 Å². The highest BCUT2D eigenvalue weighted by atomic mass is 28.3. The van der Waals surface area contributed by atoms with Gasteiger partial charge in [-0.1, -0.05) is 54.6 Å². The second-order valence-corrected chi connectivity index (χ2v) is 9.66. The molecule has 28 heavy (non-hydrogen) atoms. The van der Waals surface area contributed by atoms with Crippen LogP contribution in [0.25, 0.3) is 16.8 Å². The number of nitrogens with one attached hydrogen (secondary N) is 1. The molecule has 1 amide bonds. The second kappa shape index (κ2) is 9.35. The Balaban J connectivity index is 1.61. The molecule has 0 aliphatic rings. The van der Waals surface area contributed by atoms with Crippen molar-refractivity contribution in [2.75, 3.05) is 20.3 Å². The average Bonchev–Trinajstić information content (AvgIpc) is 2.70.